The van der Waals surface area contributed by atoms with E-state index in [2.05, 4.69) is 5.43 Å². The molecule has 3 rings (SSSR count). The van der Waals surface area contributed by atoms with Gasteiger partial charge in [-0.3, -0.25) is 9.59 Å². The molecule has 0 saturated carbocycles. The summed E-state index contributed by atoms with van der Waals surface area (Å²) in [4.78, 5) is 22.5. The lowest BCUT2D eigenvalue weighted by Crippen LogP contribution is -2.33. The summed E-state index contributed by atoms with van der Waals surface area (Å²) >= 11 is 6.25. The number of aliphatic carboxylic acids is 1. The fourth-order valence-corrected chi connectivity index (χ4v) is 5.29. The lowest BCUT2D eigenvalue weighted by molar-refractivity contribution is -0.137. The molecule has 3 aromatic carbocycles. The van der Waals surface area contributed by atoms with E-state index >= 15 is 0 Å². The zero-order valence-corrected chi connectivity index (χ0v) is 20.5. The summed E-state index contributed by atoms with van der Waals surface area (Å²) in [6.07, 6.45) is 0.338. The Morgan fingerprint density at radius 2 is 1.80 bits per heavy atom. The van der Waals surface area contributed by atoms with E-state index in [0.717, 1.165) is 0 Å². The highest BCUT2D eigenvalue weighted by Gasteiger charge is 2.25. The normalized spacial score (nSPS) is 12.1. The van der Waals surface area contributed by atoms with Crippen LogP contribution in [0.2, 0.25) is 5.02 Å². The SMILES string of the molecule is CNN(C=O)c1ccc(Cl)c(COc2ccc(S(=O)(=O)CC(CC(=O)O)c3ccccc3)cc2)c1. The van der Waals surface area contributed by atoms with Crippen LogP contribution in [0.15, 0.2) is 77.7 Å². The molecule has 0 radical (unpaired) electrons. The van der Waals surface area contributed by atoms with Crippen molar-refractivity contribution < 1.29 is 27.9 Å². The van der Waals surface area contributed by atoms with Gasteiger partial charge in [0.25, 0.3) is 0 Å². The van der Waals surface area contributed by atoms with Gasteiger partial charge >= 0.3 is 5.97 Å². The van der Waals surface area contributed by atoms with Crippen molar-refractivity contribution in [1.29, 1.82) is 0 Å². The number of halogens is 1. The average Bonchev–Trinajstić information content (AvgIpc) is 2.85. The van der Waals surface area contributed by atoms with Gasteiger partial charge in [0.2, 0.25) is 6.41 Å². The van der Waals surface area contributed by atoms with Gasteiger partial charge in [-0.1, -0.05) is 41.9 Å². The third-order valence-electron chi connectivity index (χ3n) is 5.34. The topological polar surface area (TPSA) is 113 Å². The minimum absolute atomic E-state index is 0.0758. The smallest absolute Gasteiger partial charge is 0.303 e. The van der Waals surface area contributed by atoms with Crippen LogP contribution in [0.3, 0.4) is 0 Å². The third-order valence-corrected chi connectivity index (χ3v) is 7.54. The molecular weight excluding hydrogens is 492 g/mol. The molecule has 2 N–H and O–H groups in total. The summed E-state index contributed by atoms with van der Waals surface area (Å²) in [6.45, 7) is 0.101. The van der Waals surface area contributed by atoms with E-state index in [1.165, 1.54) is 29.3 Å². The third kappa shape index (κ3) is 7.05. The van der Waals surface area contributed by atoms with Gasteiger partial charge in [0.05, 0.1) is 22.8 Å². The number of hydrazine groups is 1. The van der Waals surface area contributed by atoms with Gasteiger partial charge < -0.3 is 9.84 Å². The molecule has 0 spiro atoms. The van der Waals surface area contributed by atoms with Crippen LogP contribution in [-0.4, -0.2) is 38.7 Å². The van der Waals surface area contributed by atoms with Gasteiger partial charge in [0.15, 0.2) is 9.84 Å². The number of benzene rings is 3. The summed E-state index contributed by atoms with van der Waals surface area (Å²) < 4.78 is 31.8. The predicted octanol–water partition coefficient (Wildman–Crippen LogP) is 4.05. The molecule has 0 aliphatic rings. The van der Waals surface area contributed by atoms with Gasteiger partial charge in [-0.2, -0.15) is 0 Å². The van der Waals surface area contributed by atoms with Crippen LogP contribution in [0.4, 0.5) is 5.69 Å². The molecule has 1 unspecified atom stereocenters. The number of hydrogen-bond acceptors (Lipinski definition) is 6. The van der Waals surface area contributed by atoms with Crippen LogP contribution in [0.25, 0.3) is 0 Å². The predicted molar refractivity (Wildman–Crippen MR) is 133 cm³/mol. The largest absolute Gasteiger partial charge is 0.489 e. The van der Waals surface area contributed by atoms with Gasteiger partial charge in [-0.25, -0.2) is 18.9 Å². The average molecular weight is 517 g/mol. The maximum Gasteiger partial charge on any atom is 0.303 e. The number of hydrogen-bond donors (Lipinski definition) is 2. The lowest BCUT2D eigenvalue weighted by atomic mass is 9.98. The Kier molecular flexibility index (Phi) is 8.86. The molecule has 0 heterocycles. The number of nitrogens with zero attached hydrogens (tertiary/aromatic N) is 1. The van der Waals surface area contributed by atoms with Crippen molar-refractivity contribution in [2.45, 2.75) is 23.8 Å². The first-order valence-corrected chi connectivity index (χ1v) is 12.7. The molecule has 0 bridgehead atoms. The fourth-order valence-electron chi connectivity index (χ4n) is 3.54. The molecule has 0 aromatic heterocycles. The minimum atomic E-state index is -3.75. The van der Waals surface area contributed by atoms with Crippen molar-refractivity contribution >= 4 is 39.5 Å². The van der Waals surface area contributed by atoms with Crippen LogP contribution < -0.4 is 15.2 Å². The second-order valence-electron chi connectivity index (χ2n) is 7.72. The van der Waals surface area contributed by atoms with E-state index in [1.807, 2.05) is 0 Å². The van der Waals surface area contributed by atoms with Crippen molar-refractivity contribution in [3.63, 3.8) is 0 Å². The molecule has 1 amide bonds. The number of carbonyl (C=O) groups excluding carboxylic acids is 1. The molecule has 1 atom stereocenters. The molecule has 0 saturated heterocycles. The van der Waals surface area contributed by atoms with Crippen molar-refractivity contribution in [3.8, 4) is 5.75 Å². The van der Waals surface area contributed by atoms with Crippen molar-refractivity contribution in [3.05, 3.63) is 88.9 Å². The standard InChI is InChI=1S/C25H25ClN2O6S/c1-27-28(17-29)21-7-12-24(26)19(13-21)15-34-22-8-10-23(11-9-22)35(32,33)16-20(14-25(30)31)18-5-3-2-4-6-18/h2-13,17,20,27H,14-16H2,1H3,(H,30,31). The van der Waals surface area contributed by atoms with Crippen LogP contribution in [0, 0.1) is 0 Å². The molecule has 35 heavy (non-hydrogen) atoms. The van der Waals surface area contributed by atoms with Crippen LogP contribution in [0.5, 0.6) is 5.75 Å². The number of carboxylic acids is 1. The number of carboxylic acid groups (broad SMARTS) is 1. The van der Waals surface area contributed by atoms with Crippen molar-refractivity contribution in [1.82, 2.24) is 5.43 Å². The second-order valence-corrected chi connectivity index (χ2v) is 10.2. The van der Waals surface area contributed by atoms with Crippen molar-refractivity contribution in [2.24, 2.45) is 0 Å². The maximum absolute atomic E-state index is 13.0. The van der Waals surface area contributed by atoms with E-state index in [-0.39, 0.29) is 23.7 Å². The van der Waals surface area contributed by atoms with Gasteiger partial charge in [-0.15, -0.1) is 0 Å². The molecule has 3 aromatic rings. The number of ether oxygens (including phenoxy) is 1. The second kappa shape index (κ2) is 11.8. The highest BCUT2D eigenvalue weighted by atomic mass is 35.5. The Bertz CT molecular complexity index is 1270. The highest BCUT2D eigenvalue weighted by Crippen LogP contribution is 2.27. The van der Waals surface area contributed by atoms with E-state index in [9.17, 15) is 23.1 Å². The molecule has 8 nitrogen and oxygen atoms in total. The zero-order chi connectivity index (χ0) is 25.4. The quantitative estimate of drug-likeness (QED) is 0.276. The first-order valence-electron chi connectivity index (χ1n) is 10.7. The molecule has 0 fully saturated rings. The number of sulfone groups is 1. The summed E-state index contributed by atoms with van der Waals surface area (Å²) in [6, 6.07) is 19.7. The minimum Gasteiger partial charge on any atom is -0.489 e. The summed E-state index contributed by atoms with van der Waals surface area (Å²) in [5, 5.41) is 11.0. The molecule has 184 valence electrons. The first kappa shape index (κ1) is 26.2. The molecule has 10 heteroatoms. The number of anilines is 1. The Balaban J connectivity index is 1.72. The van der Waals surface area contributed by atoms with Gasteiger partial charge in [-0.05, 0) is 48.0 Å². The molecular formula is C25H25ClN2O6S. The zero-order valence-electron chi connectivity index (χ0n) is 18.9. The van der Waals surface area contributed by atoms with E-state index in [1.54, 1.807) is 55.6 Å². The maximum atomic E-state index is 13.0. The summed E-state index contributed by atoms with van der Waals surface area (Å²) in [5.41, 5.74) is 4.62. The molecule has 0 aliphatic heterocycles. The number of nitrogens with one attached hydrogen (secondary N) is 1. The van der Waals surface area contributed by atoms with E-state index in [4.69, 9.17) is 16.3 Å². The van der Waals surface area contributed by atoms with Crippen molar-refractivity contribution in [2.75, 3.05) is 17.8 Å². The Morgan fingerprint density at radius 1 is 1.11 bits per heavy atom. The number of carbonyl (C=O) groups is 2. The Hall–Kier alpha value is -3.40. The van der Waals surface area contributed by atoms with E-state index in [0.29, 0.717) is 34.0 Å². The highest BCUT2D eigenvalue weighted by molar-refractivity contribution is 7.91. The van der Waals surface area contributed by atoms with Crippen LogP contribution >= 0.6 is 11.6 Å². The first-order chi connectivity index (χ1) is 16.7. The van der Waals surface area contributed by atoms with Crippen LogP contribution in [0.1, 0.15) is 23.5 Å². The summed E-state index contributed by atoms with van der Waals surface area (Å²) in [7, 11) is -2.14. The Morgan fingerprint density at radius 3 is 2.40 bits per heavy atom. The van der Waals surface area contributed by atoms with Gasteiger partial charge in [0, 0.05) is 23.6 Å². The van der Waals surface area contributed by atoms with Crippen LogP contribution in [-0.2, 0) is 26.0 Å². The summed E-state index contributed by atoms with van der Waals surface area (Å²) in [5.74, 6) is -1.64. The lowest BCUT2D eigenvalue weighted by Gasteiger charge is -2.17. The fraction of sp³-hybridized carbons (Fsp3) is 0.200. The van der Waals surface area contributed by atoms with Gasteiger partial charge in [0.1, 0.15) is 12.4 Å². The monoisotopic (exact) mass is 516 g/mol. The molecule has 0 aliphatic carbocycles. The van der Waals surface area contributed by atoms with E-state index < -0.39 is 21.7 Å². The Labute approximate surface area is 209 Å². The number of amides is 1. The number of rotatable bonds is 12.